The van der Waals surface area contributed by atoms with Gasteiger partial charge in [0, 0.05) is 18.0 Å². The highest BCUT2D eigenvalue weighted by Crippen LogP contribution is 2.30. The van der Waals surface area contributed by atoms with E-state index in [9.17, 15) is 19.5 Å². The van der Waals surface area contributed by atoms with Gasteiger partial charge in [0.25, 0.3) is 0 Å². The molecule has 0 aliphatic rings. The summed E-state index contributed by atoms with van der Waals surface area (Å²) in [5.74, 6) is -0.403. The molecule has 0 aromatic heterocycles. The van der Waals surface area contributed by atoms with E-state index < -0.39 is 35.2 Å². The highest BCUT2D eigenvalue weighted by Gasteiger charge is 2.40. The molecule has 0 radical (unpaired) electrons. The van der Waals surface area contributed by atoms with Crippen LogP contribution in [0, 0.1) is 5.92 Å². The quantitative estimate of drug-likeness (QED) is 0.302. The molecule has 226 valence electrons. The fourth-order valence-electron chi connectivity index (χ4n) is 4.56. The maximum Gasteiger partial charge on any atom is 0.408 e. The average molecular weight is 568 g/mol. The normalized spacial score (nSPS) is 14.1. The van der Waals surface area contributed by atoms with E-state index >= 15 is 0 Å². The number of alkyl carbamates (subject to hydrolysis) is 1. The number of benzene rings is 2. The van der Waals surface area contributed by atoms with Crippen molar-refractivity contribution < 1.29 is 24.2 Å². The molecule has 0 aliphatic heterocycles. The zero-order valence-electron chi connectivity index (χ0n) is 26.2. The molecule has 0 fully saturated rings. The molecule has 8 nitrogen and oxygen atoms in total. The van der Waals surface area contributed by atoms with Crippen LogP contribution in [0.3, 0.4) is 0 Å². The SMILES string of the molecule is CC(C)CCC(C)N(C(=O)C(Cc1ccccc1)NC(=O)OC(C)(C)C)C(C(=O)NC(C)(C)C)c1cccc(O)c1. The number of carbonyl (C=O) groups excluding carboxylic acids is 3. The molecule has 0 spiro atoms. The summed E-state index contributed by atoms with van der Waals surface area (Å²) >= 11 is 0. The number of nitrogens with one attached hydrogen (secondary N) is 2. The third kappa shape index (κ3) is 11.5. The number of phenols is 1. The number of nitrogens with zero attached hydrogens (tertiary/aromatic N) is 1. The van der Waals surface area contributed by atoms with Crippen molar-refractivity contribution in [1.29, 1.82) is 0 Å². The van der Waals surface area contributed by atoms with Gasteiger partial charge in [-0.1, -0.05) is 56.3 Å². The second-order valence-electron chi connectivity index (χ2n) is 13.2. The van der Waals surface area contributed by atoms with E-state index in [1.807, 2.05) is 58.0 Å². The first-order valence-corrected chi connectivity index (χ1v) is 14.4. The summed E-state index contributed by atoms with van der Waals surface area (Å²) in [5.41, 5.74) is 0.00276. The molecule has 8 heteroatoms. The lowest BCUT2D eigenvalue weighted by atomic mass is 9.95. The van der Waals surface area contributed by atoms with Gasteiger partial charge in [-0.05, 0) is 90.5 Å². The fraction of sp³-hybridized carbons (Fsp3) is 0.545. The monoisotopic (exact) mass is 567 g/mol. The predicted octanol–water partition coefficient (Wildman–Crippen LogP) is 6.14. The van der Waals surface area contributed by atoms with Gasteiger partial charge in [-0.2, -0.15) is 0 Å². The number of carbonyl (C=O) groups is 3. The van der Waals surface area contributed by atoms with Gasteiger partial charge in [-0.25, -0.2) is 4.79 Å². The predicted molar refractivity (Wildman–Crippen MR) is 162 cm³/mol. The number of rotatable bonds is 11. The van der Waals surface area contributed by atoms with E-state index in [1.54, 1.807) is 37.8 Å². The lowest BCUT2D eigenvalue weighted by Gasteiger charge is -2.40. The van der Waals surface area contributed by atoms with Crippen molar-refractivity contribution in [3.8, 4) is 5.75 Å². The Bertz CT molecular complexity index is 1150. The van der Waals surface area contributed by atoms with E-state index in [-0.39, 0.29) is 24.1 Å². The van der Waals surface area contributed by atoms with E-state index in [1.165, 1.54) is 12.1 Å². The van der Waals surface area contributed by atoms with Crippen LogP contribution in [-0.4, -0.2) is 51.1 Å². The molecule has 2 aromatic carbocycles. The van der Waals surface area contributed by atoms with E-state index in [0.29, 0.717) is 17.9 Å². The molecule has 0 heterocycles. The molecular weight excluding hydrogens is 518 g/mol. The number of ether oxygens (including phenoxy) is 1. The van der Waals surface area contributed by atoms with Crippen LogP contribution in [-0.2, 0) is 20.7 Å². The van der Waals surface area contributed by atoms with Crippen LogP contribution in [0.15, 0.2) is 54.6 Å². The van der Waals surface area contributed by atoms with Crippen LogP contribution in [0.1, 0.15) is 92.3 Å². The van der Waals surface area contributed by atoms with Gasteiger partial charge in [-0.15, -0.1) is 0 Å². The van der Waals surface area contributed by atoms with Crippen molar-refractivity contribution >= 4 is 17.9 Å². The smallest absolute Gasteiger partial charge is 0.408 e. The van der Waals surface area contributed by atoms with Crippen molar-refractivity contribution in [2.75, 3.05) is 0 Å². The highest BCUT2D eigenvalue weighted by atomic mass is 16.6. The maximum absolute atomic E-state index is 14.6. The van der Waals surface area contributed by atoms with Gasteiger partial charge < -0.3 is 25.4 Å². The topological polar surface area (TPSA) is 108 Å². The lowest BCUT2D eigenvalue weighted by molar-refractivity contribution is -0.145. The minimum absolute atomic E-state index is 0.00833. The number of hydrogen-bond acceptors (Lipinski definition) is 5. The molecule has 2 rings (SSSR count). The average Bonchev–Trinajstić information content (AvgIpc) is 2.83. The third-order valence-corrected chi connectivity index (χ3v) is 6.37. The van der Waals surface area contributed by atoms with E-state index in [4.69, 9.17) is 4.74 Å². The van der Waals surface area contributed by atoms with Crippen LogP contribution in [0.2, 0.25) is 0 Å². The van der Waals surface area contributed by atoms with Crippen LogP contribution in [0.4, 0.5) is 4.79 Å². The summed E-state index contributed by atoms with van der Waals surface area (Å²) in [5, 5.41) is 16.2. The van der Waals surface area contributed by atoms with Gasteiger partial charge in [0.1, 0.15) is 23.4 Å². The van der Waals surface area contributed by atoms with E-state index in [0.717, 1.165) is 12.0 Å². The first-order chi connectivity index (χ1) is 19.0. The summed E-state index contributed by atoms with van der Waals surface area (Å²) in [6.07, 6.45) is 0.975. The van der Waals surface area contributed by atoms with Gasteiger partial charge in [0.15, 0.2) is 0 Å². The van der Waals surface area contributed by atoms with E-state index in [2.05, 4.69) is 24.5 Å². The molecule has 0 saturated carbocycles. The molecule has 3 atom stereocenters. The summed E-state index contributed by atoms with van der Waals surface area (Å²) in [4.78, 5) is 43.1. The maximum atomic E-state index is 14.6. The zero-order chi connectivity index (χ0) is 31.0. The summed E-state index contributed by atoms with van der Waals surface area (Å²) in [7, 11) is 0. The van der Waals surface area contributed by atoms with Crippen molar-refractivity contribution in [2.45, 2.75) is 111 Å². The summed E-state index contributed by atoms with van der Waals surface area (Å²) < 4.78 is 5.52. The Hall–Kier alpha value is -3.55. The molecule has 0 bridgehead atoms. The lowest BCUT2D eigenvalue weighted by Crippen LogP contribution is -2.57. The largest absolute Gasteiger partial charge is 0.508 e. The summed E-state index contributed by atoms with van der Waals surface area (Å²) in [6, 6.07) is 13.4. The Morgan fingerprint density at radius 1 is 0.902 bits per heavy atom. The van der Waals surface area contributed by atoms with Crippen LogP contribution in [0.5, 0.6) is 5.75 Å². The molecule has 41 heavy (non-hydrogen) atoms. The Morgan fingerprint density at radius 3 is 2.07 bits per heavy atom. The molecule has 3 amide bonds. The molecule has 0 aliphatic carbocycles. The molecule has 3 unspecified atom stereocenters. The van der Waals surface area contributed by atoms with Crippen molar-refractivity contribution in [3.05, 3.63) is 65.7 Å². The van der Waals surface area contributed by atoms with Crippen molar-refractivity contribution in [2.24, 2.45) is 5.92 Å². The minimum atomic E-state index is -1.05. The summed E-state index contributed by atoms with van der Waals surface area (Å²) in [6.45, 7) is 17.1. The van der Waals surface area contributed by atoms with Crippen LogP contribution < -0.4 is 10.6 Å². The Labute approximate surface area is 245 Å². The first-order valence-electron chi connectivity index (χ1n) is 14.4. The number of amides is 3. The fourth-order valence-corrected chi connectivity index (χ4v) is 4.56. The molecule has 2 aromatic rings. The van der Waals surface area contributed by atoms with Crippen molar-refractivity contribution in [1.82, 2.24) is 15.5 Å². The van der Waals surface area contributed by atoms with Crippen LogP contribution in [0.25, 0.3) is 0 Å². The van der Waals surface area contributed by atoms with Crippen molar-refractivity contribution in [3.63, 3.8) is 0 Å². The number of hydrogen-bond donors (Lipinski definition) is 3. The Morgan fingerprint density at radius 2 is 1.54 bits per heavy atom. The Kier molecular flexibility index (Phi) is 11.8. The second-order valence-corrected chi connectivity index (χ2v) is 13.2. The number of aromatic hydroxyl groups is 1. The zero-order valence-corrected chi connectivity index (χ0v) is 26.2. The molecule has 0 saturated heterocycles. The number of phenolic OH excluding ortho intramolecular Hbond substituents is 1. The Balaban J connectivity index is 2.66. The van der Waals surface area contributed by atoms with Gasteiger partial charge in [0.2, 0.25) is 11.8 Å². The van der Waals surface area contributed by atoms with Gasteiger partial charge >= 0.3 is 6.09 Å². The minimum Gasteiger partial charge on any atom is -0.508 e. The van der Waals surface area contributed by atoms with Crippen LogP contribution >= 0.6 is 0 Å². The highest BCUT2D eigenvalue weighted by molar-refractivity contribution is 5.92. The first kappa shape index (κ1) is 33.7. The van der Waals surface area contributed by atoms with Gasteiger partial charge in [-0.3, -0.25) is 9.59 Å². The third-order valence-electron chi connectivity index (χ3n) is 6.37. The second kappa shape index (κ2) is 14.4. The molecule has 3 N–H and O–H groups in total. The molecular formula is C33H49N3O5. The van der Waals surface area contributed by atoms with Gasteiger partial charge in [0.05, 0.1) is 0 Å². The standard InChI is InChI=1S/C33H49N3O5/c1-22(2)18-19-23(3)36(28(29(38)35-32(4,5)6)25-16-13-17-26(37)21-25)30(39)27(20-24-14-11-10-12-15-24)34-31(40)41-33(7,8)9/h10-17,21-23,27-28,37H,18-20H2,1-9H3,(H,34,40)(H,35,38).